The van der Waals surface area contributed by atoms with Gasteiger partial charge in [0.2, 0.25) is 21.8 Å². The molecule has 0 aromatic heterocycles. The molecule has 2 amide bonds. The highest BCUT2D eigenvalue weighted by molar-refractivity contribution is 7.92. The molecule has 8 heteroatoms. The molecule has 7 nitrogen and oxygen atoms in total. The summed E-state index contributed by atoms with van der Waals surface area (Å²) >= 11 is 0. The fourth-order valence-electron chi connectivity index (χ4n) is 4.25. The Labute approximate surface area is 223 Å². The van der Waals surface area contributed by atoms with Gasteiger partial charge in [-0.25, -0.2) is 8.42 Å². The van der Waals surface area contributed by atoms with Crippen LogP contribution in [0.15, 0.2) is 42.5 Å². The minimum absolute atomic E-state index is 0.0127. The molecule has 0 aliphatic heterocycles. The minimum Gasteiger partial charge on any atom is -0.352 e. The Morgan fingerprint density at radius 1 is 0.973 bits per heavy atom. The zero-order chi connectivity index (χ0) is 27.8. The zero-order valence-electron chi connectivity index (χ0n) is 23.4. The number of nitrogens with zero attached hydrogens (tertiary/aromatic N) is 2. The van der Waals surface area contributed by atoms with Gasteiger partial charge in [-0.15, -0.1) is 0 Å². The van der Waals surface area contributed by atoms with E-state index in [1.807, 2.05) is 77.9 Å². The lowest BCUT2D eigenvalue weighted by atomic mass is 10.1. The van der Waals surface area contributed by atoms with Crippen molar-refractivity contribution in [2.75, 3.05) is 17.1 Å². The van der Waals surface area contributed by atoms with Crippen LogP contribution in [0.1, 0.15) is 68.7 Å². The summed E-state index contributed by atoms with van der Waals surface area (Å²) in [5.74, 6) is -0.327. The first-order chi connectivity index (χ1) is 17.4. The van der Waals surface area contributed by atoms with Crippen LogP contribution >= 0.6 is 0 Å². The van der Waals surface area contributed by atoms with Crippen LogP contribution < -0.4 is 9.62 Å². The lowest BCUT2D eigenvalue weighted by Gasteiger charge is -2.32. The predicted molar refractivity (Wildman–Crippen MR) is 151 cm³/mol. The molecular formula is C29H43N3O4S. The Kier molecular flexibility index (Phi) is 11.2. The Bertz CT molecular complexity index is 1180. The molecule has 0 fully saturated rings. The van der Waals surface area contributed by atoms with Crippen molar-refractivity contribution in [1.82, 2.24) is 10.2 Å². The second-order valence-electron chi connectivity index (χ2n) is 9.96. The molecule has 0 heterocycles. The maximum Gasteiger partial charge on any atom is 0.243 e. The Morgan fingerprint density at radius 2 is 1.68 bits per heavy atom. The molecule has 2 atom stereocenters. The fourth-order valence-corrected chi connectivity index (χ4v) is 5.21. The molecule has 2 aromatic carbocycles. The van der Waals surface area contributed by atoms with Gasteiger partial charge in [0.1, 0.15) is 6.04 Å². The molecule has 204 valence electrons. The summed E-state index contributed by atoms with van der Waals surface area (Å²) < 4.78 is 26.5. The Morgan fingerprint density at radius 3 is 2.24 bits per heavy atom. The number of rotatable bonds is 13. The number of aryl methyl sites for hydroxylation is 3. The van der Waals surface area contributed by atoms with Crippen LogP contribution in [0.2, 0.25) is 0 Å². The molecule has 1 N–H and O–H groups in total. The number of anilines is 1. The van der Waals surface area contributed by atoms with Gasteiger partial charge in [-0.2, -0.15) is 0 Å². The highest BCUT2D eigenvalue weighted by Gasteiger charge is 2.29. The van der Waals surface area contributed by atoms with Gasteiger partial charge in [0.15, 0.2) is 0 Å². The summed E-state index contributed by atoms with van der Waals surface area (Å²) in [6.07, 6.45) is 2.94. The van der Waals surface area contributed by atoms with E-state index in [0.29, 0.717) is 25.1 Å². The maximum atomic E-state index is 13.5. The number of nitrogens with one attached hydrogen (secondary N) is 1. The van der Waals surface area contributed by atoms with Crippen molar-refractivity contribution in [3.05, 3.63) is 64.7 Å². The topological polar surface area (TPSA) is 86.8 Å². The van der Waals surface area contributed by atoms with Crippen LogP contribution in [0, 0.1) is 20.8 Å². The highest BCUT2D eigenvalue weighted by atomic mass is 32.2. The number of hydrogen-bond acceptors (Lipinski definition) is 4. The van der Waals surface area contributed by atoms with Gasteiger partial charge in [0, 0.05) is 25.6 Å². The van der Waals surface area contributed by atoms with E-state index in [4.69, 9.17) is 0 Å². The van der Waals surface area contributed by atoms with Crippen LogP contribution in [0.4, 0.5) is 5.69 Å². The summed E-state index contributed by atoms with van der Waals surface area (Å²) in [5.41, 5.74) is 4.72. The average Bonchev–Trinajstić information content (AvgIpc) is 2.82. The first-order valence-electron chi connectivity index (χ1n) is 13.1. The smallest absolute Gasteiger partial charge is 0.243 e. The van der Waals surface area contributed by atoms with Crippen molar-refractivity contribution in [1.29, 1.82) is 0 Å². The molecule has 2 rings (SSSR count). The Balaban J connectivity index is 2.24. The molecular weight excluding hydrogens is 486 g/mol. The fraction of sp³-hybridized carbons (Fsp3) is 0.517. The van der Waals surface area contributed by atoms with Gasteiger partial charge in [-0.05, 0) is 75.8 Å². The van der Waals surface area contributed by atoms with Gasteiger partial charge in [0.05, 0.1) is 11.9 Å². The van der Waals surface area contributed by atoms with E-state index in [0.717, 1.165) is 28.7 Å². The molecule has 0 unspecified atom stereocenters. The average molecular weight is 530 g/mol. The third-order valence-corrected chi connectivity index (χ3v) is 7.95. The third kappa shape index (κ3) is 8.88. The third-order valence-electron chi connectivity index (χ3n) is 6.75. The molecule has 0 spiro atoms. The van der Waals surface area contributed by atoms with Gasteiger partial charge < -0.3 is 10.2 Å². The molecule has 2 aromatic rings. The van der Waals surface area contributed by atoms with E-state index in [1.165, 1.54) is 10.6 Å². The van der Waals surface area contributed by atoms with Gasteiger partial charge in [0.25, 0.3) is 0 Å². The quantitative estimate of drug-likeness (QED) is 0.401. The molecule has 0 saturated carbocycles. The van der Waals surface area contributed by atoms with E-state index in [1.54, 1.807) is 11.0 Å². The molecule has 0 radical (unpaired) electrons. The minimum atomic E-state index is -3.53. The monoisotopic (exact) mass is 529 g/mol. The number of benzene rings is 2. The lowest BCUT2D eigenvalue weighted by molar-refractivity contribution is -0.141. The van der Waals surface area contributed by atoms with Crippen molar-refractivity contribution in [2.45, 2.75) is 85.9 Å². The van der Waals surface area contributed by atoms with E-state index < -0.39 is 16.1 Å². The van der Waals surface area contributed by atoms with Crippen LogP contribution in [-0.2, 0) is 26.2 Å². The number of amides is 2. The van der Waals surface area contributed by atoms with E-state index >= 15 is 0 Å². The van der Waals surface area contributed by atoms with Crippen LogP contribution in [-0.4, -0.2) is 50.0 Å². The molecule has 0 aliphatic rings. The second kappa shape index (κ2) is 13.6. The summed E-state index contributed by atoms with van der Waals surface area (Å²) in [5, 5.41) is 3.02. The van der Waals surface area contributed by atoms with Gasteiger partial charge >= 0.3 is 0 Å². The largest absolute Gasteiger partial charge is 0.352 e. The number of hydrogen-bond donors (Lipinski definition) is 1. The van der Waals surface area contributed by atoms with Crippen molar-refractivity contribution in [2.24, 2.45) is 0 Å². The number of carbonyl (C=O) groups is 2. The first-order valence-corrected chi connectivity index (χ1v) is 14.9. The van der Waals surface area contributed by atoms with Crippen LogP contribution in [0.25, 0.3) is 0 Å². The van der Waals surface area contributed by atoms with E-state index in [2.05, 4.69) is 5.32 Å². The van der Waals surface area contributed by atoms with E-state index in [-0.39, 0.29) is 30.8 Å². The van der Waals surface area contributed by atoms with Crippen molar-refractivity contribution < 1.29 is 18.0 Å². The molecule has 37 heavy (non-hydrogen) atoms. The van der Waals surface area contributed by atoms with Crippen LogP contribution in [0.5, 0.6) is 0 Å². The Hall–Kier alpha value is -2.87. The molecule has 0 aliphatic carbocycles. The van der Waals surface area contributed by atoms with Gasteiger partial charge in [-0.3, -0.25) is 13.9 Å². The number of carbonyl (C=O) groups excluding carboxylic acids is 2. The molecule has 0 saturated heterocycles. The van der Waals surface area contributed by atoms with Crippen LogP contribution in [0.3, 0.4) is 0 Å². The standard InChI is InChI=1S/C29H43N3O4S/c1-8-24(6)30-29(34)27(9-2)31(20-25-13-10-12-21(3)18-25)28(33)14-11-17-32(37(7,35)36)26-16-15-22(4)23(5)19-26/h10,12-13,15-16,18-19,24,27H,8-9,11,14,17,20H2,1-7H3,(H,30,34)/t24-,27-/m1/s1. The SMILES string of the molecule is CC[C@@H](C)NC(=O)[C@@H](CC)N(Cc1cccc(C)c1)C(=O)CCCN(c1ccc(C)c(C)c1)S(C)(=O)=O. The normalized spacial score (nSPS) is 13.1. The van der Waals surface area contributed by atoms with Crippen molar-refractivity contribution in [3.63, 3.8) is 0 Å². The first kappa shape index (κ1) is 30.4. The number of sulfonamides is 1. The highest BCUT2D eigenvalue weighted by Crippen LogP contribution is 2.22. The lowest BCUT2D eigenvalue weighted by Crippen LogP contribution is -2.50. The van der Waals surface area contributed by atoms with Gasteiger partial charge in [-0.1, -0.05) is 49.7 Å². The predicted octanol–water partition coefficient (Wildman–Crippen LogP) is 4.88. The molecule has 0 bridgehead atoms. The second-order valence-corrected chi connectivity index (χ2v) is 11.9. The van der Waals surface area contributed by atoms with Crippen molar-refractivity contribution in [3.8, 4) is 0 Å². The maximum absolute atomic E-state index is 13.5. The van der Waals surface area contributed by atoms with Crippen molar-refractivity contribution >= 4 is 27.5 Å². The summed E-state index contributed by atoms with van der Waals surface area (Å²) in [4.78, 5) is 28.3. The summed E-state index contributed by atoms with van der Waals surface area (Å²) in [7, 11) is -3.53. The van der Waals surface area contributed by atoms with E-state index in [9.17, 15) is 18.0 Å². The summed E-state index contributed by atoms with van der Waals surface area (Å²) in [6.45, 7) is 12.3. The summed E-state index contributed by atoms with van der Waals surface area (Å²) in [6, 6.07) is 12.9. The zero-order valence-corrected chi connectivity index (χ0v) is 24.2.